The molecule has 0 spiro atoms. The van der Waals surface area contributed by atoms with Crippen molar-refractivity contribution in [3.05, 3.63) is 71.7 Å². The molecular formula is C22H30IN5. The average molecular weight is 491 g/mol. The van der Waals surface area contributed by atoms with Crippen LogP contribution in [0.15, 0.2) is 59.9 Å². The molecule has 0 saturated heterocycles. The lowest BCUT2D eigenvalue weighted by Crippen LogP contribution is -2.38. The van der Waals surface area contributed by atoms with Gasteiger partial charge in [0.25, 0.3) is 0 Å². The number of nitrogens with zero attached hydrogens (tertiary/aromatic N) is 3. The lowest BCUT2D eigenvalue weighted by molar-refractivity contribution is 0.743. The van der Waals surface area contributed by atoms with Gasteiger partial charge < -0.3 is 15.0 Å². The minimum absolute atomic E-state index is 0. The first-order valence-electron chi connectivity index (χ1n) is 9.67. The van der Waals surface area contributed by atoms with Crippen molar-refractivity contribution in [2.75, 3.05) is 19.6 Å². The Balaban J connectivity index is 0.00000280. The quantitative estimate of drug-likeness (QED) is 0.297. The van der Waals surface area contributed by atoms with E-state index in [0.29, 0.717) is 5.92 Å². The number of aliphatic imine (C=N–C) groups is 1. The van der Waals surface area contributed by atoms with Gasteiger partial charge in [-0.05, 0) is 31.5 Å². The van der Waals surface area contributed by atoms with Crippen molar-refractivity contribution in [1.82, 2.24) is 20.0 Å². The summed E-state index contributed by atoms with van der Waals surface area (Å²) >= 11 is 0. The summed E-state index contributed by atoms with van der Waals surface area (Å²) in [6, 6.07) is 14.7. The maximum atomic E-state index is 4.76. The van der Waals surface area contributed by atoms with E-state index in [1.54, 1.807) is 0 Å². The number of hydrogen-bond acceptors (Lipinski definition) is 2. The van der Waals surface area contributed by atoms with Gasteiger partial charge in [-0.2, -0.15) is 0 Å². The molecule has 150 valence electrons. The van der Waals surface area contributed by atoms with E-state index in [4.69, 9.17) is 4.99 Å². The van der Waals surface area contributed by atoms with E-state index in [9.17, 15) is 0 Å². The summed E-state index contributed by atoms with van der Waals surface area (Å²) in [7, 11) is 0. The number of nitrogens with one attached hydrogen (secondary N) is 2. The Hall–Kier alpha value is -2.09. The number of rotatable bonds is 7. The molecule has 0 aliphatic rings. The molecule has 2 N–H and O–H groups in total. The Morgan fingerprint density at radius 3 is 2.79 bits per heavy atom. The minimum Gasteiger partial charge on any atom is -0.357 e. The molecule has 3 aromatic rings. The number of pyridine rings is 1. The Morgan fingerprint density at radius 1 is 1.18 bits per heavy atom. The van der Waals surface area contributed by atoms with Gasteiger partial charge in [0.1, 0.15) is 5.65 Å². The molecule has 28 heavy (non-hydrogen) atoms. The lowest BCUT2D eigenvalue weighted by atomic mass is 10.00. The summed E-state index contributed by atoms with van der Waals surface area (Å²) in [6.45, 7) is 8.84. The van der Waals surface area contributed by atoms with Crippen LogP contribution in [0.25, 0.3) is 5.65 Å². The van der Waals surface area contributed by atoms with Crippen LogP contribution in [-0.4, -0.2) is 35.0 Å². The fourth-order valence-electron chi connectivity index (χ4n) is 3.07. The van der Waals surface area contributed by atoms with Crippen LogP contribution in [0.3, 0.4) is 0 Å². The highest BCUT2D eigenvalue weighted by molar-refractivity contribution is 14.0. The number of benzene rings is 1. The first kappa shape index (κ1) is 22.2. The van der Waals surface area contributed by atoms with Crippen molar-refractivity contribution in [3.63, 3.8) is 0 Å². The molecular weight excluding hydrogens is 461 g/mol. The average Bonchev–Trinajstić information content (AvgIpc) is 3.08. The minimum atomic E-state index is 0. The van der Waals surface area contributed by atoms with Crippen molar-refractivity contribution in [2.45, 2.75) is 33.1 Å². The van der Waals surface area contributed by atoms with Crippen LogP contribution in [0.4, 0.5) is 0 Å². The first-order chi connectivity index (χ1) is 13.2. The molecule has 3 rings (SSSR count). The summed E-state index contributed by atoms with van der Waals surface area (Å²) in [5.74, 6) is 1.25. The topological polar surface area (TPSA) is 53.7 Å². The standard InChI is InChI=1S/C22H29N5.HI/c1-4-23-22(25-15-18(3)19-9-7-8-17(2)14-19)24-12-11-20-16-27-13-6-5-10-21(27)26-20;/h5-10,13-14,16,18H,4,11-12,15H2,1-3H3,(H2,23,24,25);1H. The summed E-state index contributed by atoms with van der Waals surface area (Å²) in [5, 5.41) is 6.75. The second-order valence-corrected chi connectivity index (χ2v) is 6.91. The third-order valence-electron chi connectivity index (χ3n) is 4.57. The zero-order valence-electron chi connectivity index (χ0n) is 16.9. The molecule has 0 aliphatic carbocycles. The number of imidazole rings is 1. The maximum absolute atomic E-state index is 4.76. The van der Waals surface area contributed by atoms with Crippen LogP contribution in [0.1, 0.15) is 36.6 Å². The summed E-state index contributed by atoms with van der Waals surface area (Å²) in [5.41, 5.74) is 4.69. The van der Waals surface area contributed by atoms with Gasteiger partial charge in [-0.25, -0.2) is 4.98 Å². The van der Waals surface area contributed by atoms with Crippen LogP contribution in [0.5, 0.6) is 0 Å². The van der Waals surface area contributed by atoms with Crippen LogP contribution in [-0.2, 0) is 6.42 Å². The number of halogens is 1. The van der Waals surface area contributed by atoms with E-state index in [1.807, 2.05) is 24.4 Å². The fourth-order valence-corrected chi connectivity index (χ4v) is 3.07. The molecule has 1 unspecified atom stereocenters. The highest BCUT2D eigenvalue weighted by Gasteiger charge is 2.06. The Kier molecular flexibility index (Phi) is 8.76. The number of aromatic nitrogens is 2. The third-order valence-corrected chi connectivity index (χ3v) is 4.57. The Bertz CT molecular complexity index is 870. The van der Waals surface area contributed by atoms with Crippen molar-refractivity contribution < 1.29 is 0 Å². The van der Waals surface area contributed by atoms with E-state index >= 15 is 0 Å². The van der Waals surface area contributed by atoms with E-state index in [1.165, 1.54) is 11.1 Å². The number of hydrogen-bond donors (Lipinski definition) is 2. The lowest BCUT2D eigenvalue weighted by Gasteiger charge is -2.14. The highest BCUT2D eigenvalue weighted by atomic mass is 127. The van der Waals surface area contributed by atoms with Crippen molar-refractivity contribution >= 4 is 35.6 Å². The Labute approximate surface area is 184 Å². The SMILES string of the molecule is CCNC(=NCC(C)c1cccc(C)c1)NCCc1cn2ccccc2n1.I. The van der Waals surface area contributed by atoms with Gasteiger partial charge in [0, 0.05) is 44.4 Å². The molecule has 0 fully saturated rings. The third kappa shape index (κ3) is 6.22. The predicted molar refractivity (Wildman–Crippen MR) is 128 cm³/mol. The second-order valence-electron chi connectivity index (χ2n) is 6.91. The monoisotopic (exact) mass is 491 g/mol. The molecule has 0 saturated carbocycles. The summed E-state index contributed by atoms with van der Waals surface area (Å²) < 4.78 is 2.05. The van der Waals surface area contributed by atoms with Gasteiger partial charge >= 0.3 is 0 Å². The fraction of sp³-hybridized carbons (Fsp3) is 0.364. The Morgan fingerprint density at radius 2 is 2.04 bits per heavy atom. The van der Waals surface area contributed by atoms with E-state index in [-0.39, 0.29) is 24.0 Å². The first-order valence-corrected chi connectivity index (χ1v) is 9.67. The van der Waals surface area contributed by atoms with Crippen LogP contribution < -0.4 is 10.6 Å². The van der Waals surface area contributed by atoms with Gasteiger partial charge in [0.15, 0.2) is 5.96 Å². The van der Waals surface area contributed by atoms with Crippen LogP contribution >= 0.6 is 24.0 Å². The van der Waals surface area contributed by atoms with E-state index in [2.05, 4.69) is 71.3 Å². The highest BCUT2D eigenvalue weighted by Crippen LogP contribution is 2.16. The van der Waals surface area contributed by atoms with Crippen molar-refractivity contribution in [3.8, 4) is 0 Å². The number of aryl methyl sites for hydroxylation is 1. The number of fused-ring (bicyclic) bond motifs is 1. The zero-order valence-corrected chi connectivity index (χ0v) is 19.2. The van der Waals surface area contributed by atoms with Gasteiger partial charge in [-0.1, -0.05) is 42.8 Å². The van der Waals surface area contributed by atoms with E-state index in [0.717, 1.165) is 43.4 Å². The largest absolute Gasteiger partial charge is 0.357 e. The molecule has 2 aromatic heterocycles. The van der Waals surface area contributed by atoms with Crippen molar-refractivity contribution in [2.24, 2.45) is 4.99 Å². The van der Waals surface area contributed by atoms with Crippen LogP contribution in [0, 0.1) is 6.92 Å². The molecule has 0 bridgehead atoms. The molecule has 0 amide bonds. The summed E-state index contributed by atoms with van der Waals surface area (Å²) in [6.07, 6.45) is 4.97. The predicted octanol–water partition coefficient (Wildman–Crippen LogP) is 4.16. The van der Waals surface area contributed by atoms with Gasteiger partial charge in [0.2, 0.25) is 0 Å². The summed E-state index contributed by atoms with van der Waals surface area (Å²) in [4.78, 5) is 9.40. The van der Waals surface area contributed by atoms with Gasteiger partial charge in [-0.15, -0.1) is 24.0 Å². The number of guanidine groups is 1. The molecule has 5 nitrogen and oxygen atoms in total. The molecule has 6 heteroatoms. The van der Waals surface area contributed by atoms with Crippen molar-refractivity contribution in [1.29, 1.82) is 0 Å². The molecule has 0 aliphatic heterocycles. The molecule has 2 heterocycles. The van der Waals surface area contributed by atoms with E-state index < -0.39 is 0 Å². The van der Waals surface area contributed by atoms with Crippen LogP contribution in [0.2, 0.25) is 0 Å². The smallest absolute Gasteiger partial charge is 0.191 e. The second kappa shape index (κ2) is 11.0. The maximum Gasteiger partial charge on any atom is 0.191 e. The normalized spacial score (nSPS) is 12.5. The molecule has 1 aromatic carbocycles. The molecule has 1 atom stereocenters. The van der Waals surface area contributed by atoms with Gasteiger partial charge in [0.05, 0.1) is 5.69 Å². The molecule has 0 radical (unpaired) electrons. The van der Waals surface area contributed by atoms with Gasteiger partial charge in [-0.3, -0.25) is 4.99 Å². The zero-order chi connectivity index (χ0) is 19.1.